The number of morpholine rings is 1. The second-order valence-electron chi connectivity index (χ2n) is 6.73. The van der Waals surface area contributed by atoms with Gasteiger partial charge in [0, 0.05) is 26.1 Å². The summed E-state index contributed by atoms with van der Waals surface area (Å²) in [5.41, 5.74) is 0. The molecule has 1 aromatic rings. The highest BCUT2D eigenvalue weighted by Gasteiger charge is 2.32. The van der Waals surface area contributed by atoms with Crippen LogP contribution in [0.2, 0.25) is 0 Å². The zero-order valence-electron chi connectivity index (χ0n) is 15.1. The normalized spacial score (nSPS) is 23.1. The van der Waals surface area contributed by atoms with Crippen LogP contribution in [0.4, 0.5) is 0 Å². The number of ether oxygens (including phenoxy) is 2. The Kier molecular flexibility index (Phi) is 6.39. The summed E-state index contributed by atoms with van der Waals surface area (Å²) in [4.78, 5) is 21.5. The van der Waals surface area contributed by atoms with Crippen molar-refractivity contribution in [1.82, 2.24) is 19.9 Å². The van der Waals surface area contributed by atoms with Gasteiger partial charge >= 0.3 is 0 Å². The van der Waals surface area contributed by atoms with Crippen LogP contribution in [-0.4, -0.2) is 78.4 Å². The van der Waals surface area contributed by atoms with E-state index >= 15 is 0 Å². The lowest BCUT2D eigenvalue weighted by molar-refractivity contribution is -0.144. The minimum Gasteiger partial charge on any atom is -0.377 e. The predicted octanol–water partition coefficient (Wildman–Crippen LogP) is 0.718. The smallest absolute Gasteiger partial charge is 0.229 e. The maximum absolute atomic E-state index is 12.8. The molecule has 25 heavy (non-hydrogen) atoms. The Labute approximate surface area is 148 Å². The third-order valence-electron chi connectivity index (χ3n) is 5.02. The van der Waals surface area contributed by atoms with E-state index in [1.807, 2.05) is 4.90 Å². The summed E-state index contributed by atoms with van der Waals surface area (Å²) in [5.74, 6) is 1.49. The number of carbonyl (C=O) groups is 1. The monoisotopic (exact) mass is 352 g/mol. The second kappa shape index (κ2) is 8.73. The number of hydrogen-bond donors (Lipinski definition) is 0. The van der Waals surface area contributed by atoms with Gasteiger partial charge in [-0.05, 0) is 32.5 Å². The van der Waals surface area contributed by atoms with Crippen molar-refractivity contribution in [3.63, 3.8) is 0 Å². The quantitative estimate of drug-likeness (QED) is 0.746. The maximum Gasteiger partial charge on any atom is 0.229 e. The number of nitrogens with zero attached hydrogens (tertiary/aromatic N) is 4. The molecular formula is C17H28N4O4. The first-order valence-electron chi connectivity index (χ1n) is 9.12. The van der Waals surface area contributed by atoms with Gasteiger partial charge in [-0.1, -0.05) is 12.1 Å². The van der Waals surface area contributed by atoms with E-state index in [9.17, 15) is 4.79 Å². The van der Waals surface area contributed by atoms with E-state index in [1.54, 1.807) is 7.11 Å². The molecule has 1 amide bonds. The van der Waals surface area contributed by atoms with Crippen LogP contribution in [0.1, 0.15) is 31.5 Å². The van der Waals surface area contributed by atoms with Crippen molar-refractivity contribution in [1.29, 1.82) is 0 Å². The van der Waals surface area contributed by atoms with Gasteiger partial charge in [-0.25, -0.2) is 0 Å². The Bertz CT molecular complexity index is 557. The van der Waals surface area contributed by atoms with Crippen LogP contribution in [0, 0.1) is 5.92 Å². The van der Waals surface area contributed by atoms with Crippen LogP contribution in [0.15, 0.2) is 4.52 Å². The zero-order valence-corrected chi connectivity index (χ0v) is 15.1. The first kappa shape index (κ1) is 18.3. The van der Waals surface area contributed by atoms with Crippen molar-refractivity contribution in [2.45, 2.75) is 38.9 Å². The Morgan fingerprint density at radius 2 is 2.12 bits per heavy atom. The van der Waals surface area contributed by atoms with Crippen molar-refractivity contribution in [3.05, 3.63) is 11.7 Å². The highest BCUT2D eigenvalue weighted by molar-refractivity contribution is 5.79. The number of rotatable bonds is 6. The number of piperidine rings is 1. The first-order valence-corrected chi connectivity index (χ1v) is 9.12. The summed E-state index contributed by atoms with van der Waals surface area (Å²) < 4.78 is 16.0. The van der Waals surface area contributed by atoms with Gasteiger partial charge in [0.25, 0.3) is 0 Å². The number of hydrogen-bond acceptors (Lipinski definition) is 7. The van der Waals surface area contributed by atoms with Gasteiger partial charge in [-0.15, -0.1) is 0 Å². The maximum atomic E-state index is 12.8. The molecule has 8 heteroatoms. The van der Waals surface area contributed by atoms with Crippen LogP contribution in [0.3, 0.4) is 0 Å². The zero-order chi connectivity index (χ0) is 17.6. The second-order valence-corrected chi connectivity index (χ2v) is 6.73. The van der Waals surface area contributed by atoms with Gasteiger partial charge in [-0.3, -0.25) is 4.79 Å². The molecule has 8 nitrogen and oxygen atoms in total. The van der Waals surface area contributed by atoms with Crippen molar-refractivity contribution in [2.75, 3.05) is 46.4 Å². The largest absolute Gasteiger partial charge is 0.377 e. The molecule has 2 fully saturated rings. The van der Waals surface area contributed by atoms with Crippen LogP contribution >= 0.6 is 0 Å². The van der Waals surface area contributed by atoms with Gasteiger partial charge in [0.15, 0.2) is 5.82 Å². The van der Waals surface area contributed by atoms with Crippen molar-refractivity contribution < 1.29 is 18.8 Å². The Hall–Kier alpha value is -1.51. The van der Waals surface area contributed by atoms with E-state index in [0.29, 0.717) is 44.4 Å². The average molecular weight is 352 g/mol. The van der Waals surface area contributed by atoms with Gasteiger partial charge < -0.3 is 23.8 Å². The summed E-state index contributed by atoms with van der Waals surface area (Å²) >= 11 is 0. The Morgan fingerprint density at radius 1 is 1.32 bits per heavy atom. The minimum absolute atomic E-state index is 0.0933. The molecule has 0 aromatic carbocycles. The fourth-order valence-electron chi connectivity index (χ4n) is 3.55. The molecule has 0 spiro atoms. The molecule has 1 aromatic heterocycles. The predicted molar refractivity (Wildman–Crippen MR) is 89.9 cm³/mol. The molecule has 0 N–H and O–H groups in total. The summed E-state index contributed by atoms with van der Waals surface area (Å²) in [6.07, 6.45) is 2.34. The lowest BCUT2D eigenvalue weighted by Gasteiger charge is -2.37. The average Bonchev–Trinajstić information content (AvgIpc) is 3.09. The fraction of sp³-hybridized carbons (Fsp3) is 0.824. The summed E-state index contributed by atoms with van der Waals surface area (Å²) in [5, 5.41) is 3.86. The highest BCUT2D eigenvalue weighted by Crippen LogP contribution is 2.21. The van der Waals surface area contributed by atoms with Crippen molar-refractivity contribution >= 4 is 5.91 Å². The standard InChI is InChI=1S/C17H28N4O4/c1-3-20-6-4-13(5-7-20)17(22)21-8-9-24-14(11-21)10-16-18-15(12-23-2)19-25-16/h13-14H,3-12H2,1-2H3. The number of methoxy groups -OCH3 is 1. The molecule has 2 aliphatic rings. The van der Waals surface area contributed by atoms with Crippen LogP contribution < -0.4 is 0 Å². The molecule has 1 atom stereocenters. The van der Waals surface area contributed by atoms with Gasteiger partial charge in [0.1, 0.15) is 6.61 Å². The number of carbonyl (C=O) groups excluding carboxylic acids is 1. The molecule has 2 aliphatic heterocycles. The molecule has 3 rings (SSSR count). The van der Waals surface area contributed by atoms with Gasteiger partial charge in [0.2, 0.25) is 11.8 Å². The molecule has 0 aliphatic carbocycles. The molecule has 0 saturated carbocycles. The third kappa shape index (κ3) is 4.77. The number of aromatic nitrogens is 2. The molecular weight excluding hydrogens is 324 g/mol. The van der Waals surface area contributed by atoms with E-state index in [0.717, 1.165) is 32.5 Å². The highest BCUT2D eigenvalue weighted by atomic mass is 16.5. The van der Waals surface area contributed by atoms with E-state index in [1.165, 1.54) is 0 Å². The first-order chi connectivity index (χ1) is 12.2. The van der Waals surface area contributed by atoms with Gasteiger partial charge in [0.05, 0.1) is 19.1 Å². The molecule has 2 saturated heterocycles. The van der Waals surface area contributed by atoms with E-state index in [4.69, 9.17) is 14.0 Å². The van der Waals surface area contributed by atoms with E-state index in [-0.39, 0.29) is 17.9 Å². The van der Waals surface area contributed by atoms with Crippen LogP contribution in [-0.2, 0) is 27.3 Å². The fourth-order valence-corrected chi connectivity index (χ4v) is 3.55. The summed E-state index contributed by atoms with van der Waals surface area (Å²) in [6.45, 7) is 7.42. The summed E-state index contributed by atoms with van der Waals surface area (Å²) in [6, 6.07) is 0. The Morgan fingerprint density at radius 3 is 2.84 bits per heavy atom. The van der Waals surface area contributed by atoms with E-state index < -0.39 is 0 Å². The Balaban J connectivity index is 1.51. The minimum atomic E-state index is -0.0933. The SMILES string of the molecule is CCN1CCC(C(=O)N2CCOC(Cc3nc(COC)no3)C2)CC1. The number of likely N-dealkylation sites (tertiary alicyclic amines) is 1. The lowest BCUT2D eigenvalue weighted by atomic mass is 9.95. The molecule has 140 valence electrons. The van der Waals surface area contributed by atoms with Gasteiger partial charge in [-0.2, -0.15) is 4.98 Å². The molecule has 0 bridgehead atoms. The molecule has 0 radical (unpaired) electrons. The van der Waals surface area contributed by atoms with E-state index in [2.05, 4.69) is 22.0 Å². The summed E-state index contributed by atoms with van der Waals surface area (Å²) in [7, 11) is 1.59. The number of amides is 1. The molecule has 3 heterocycles. The molecule has 1 unspecified atom stereocenters. The van der Waals surface area contributed by atoms with Crippen molar-refractivity contribution in [3.8, 4) is 0 Å². The third-order valence-corrected chi connectivity index (χ3v) is 5.02. The topological polar surface area (TPSA) is 80.9 Å². The van der Waals surface area contributed by atoms with Crippen molar-refractivity contribution in [2.24, 2.45) is 5.92 Å². The van der Waals surface area contributed by atoms with Crippen LogP contribution in [0.5, 0.6) is 0 Å². The van der Waals surface area contributed by atoms with Crippen LogP contribution in [0.25, 0.3) is 0 Å². The lowest BCUT2D eigenvalue weighted by Crippen LogP contribution is -2.50.